The Morgan fingerprint density at radius 1 is 0.837 bits per heavy atom. The van der Waals surface area contributed by atoms with Crippen molar-refractivity contribution in [3.05, 3.63) is 67.8 Å². The van der Waals surface area contributed by atoms with Gasteiger partial charge in [-0.15, -0.1) is 0 Å². The number of non-ortho nitro benzene ring substituents is 2. The second kappa shape index (κ2) is 15.5. The monoisotopic (exact) mass is 594 g/mol. The number of esters is 2. The number of carbonyl (C=O) groups is 3. The first-order chi connectivity index (χ1) is 20.0. The lowest BCUT2D eigenvalue weighted by atomic mass is 9.94. The zero-order valence-electron chi connectivity index (χ0n) is 25.0. The molecule has 0 aromatic heterocycles. The first-order valence-corrected chi connectivity index (χ1v) is 12.8. The van der Waals surface area contributed by atoms with Crippen LogP contribution in [0.5, 0.6) is 0 Å². The van der Waals surface area contributed by atoms with Crippen LogP contribution in [0.1, 0.15) is 58.6 Å². The Morgan fingerprint density at radius 3 is 1.72 bits per heavy atom. The minimum atomic E-state index is -1.08. The zero-order valence-corrected chi connectivity index (χ0v) is 25.0. The van der Waals surface area contributed by atoms with E-state index in [1.54, 1.807) is 27.7 Å². The van der Waals surface area contributed by atoms with Gasteiger partial charge in [-0.05, 0) is 46.2 Å². The molecule has 0 heterocycles. The summed E-state index contributed by atoms with van der Waals surface area (Å²) >= 11 is 0. The Bertz CT molecular complexity index is 1520. The highest BCUT2D eigenvalue weighted by Gasteiger charge is 2.27. The molecular weight excluding hydrogens is 560 g/mol. The summed E-state index contributed by atoms with van der Waals surface area (Å²) in [7, 11) is 2.53. The van der Waals surface area contributed by atoms with Crippen molar-refractivity contribution in [3.63, 3.8) is 0 Å². The topological polar surface area (TPSA) is 194 Å². The Labute approximate surface area is 249 Å². The van der Waals surface area contributed by atoms with Gasteiger partial charge in [-0.25, -0.2) is 0 Å². The quantitative estimate of drug-likeness (QED) is 0.150. The van der Waals surface area contributed by atoms with Gasteiger partial charge in [0.2, 0.25) is 5.91 Å². The lowest BCUT2D eigenvalue weighted by molar-refractivity contribution is -0.385. The maximum Gasteiger partial charge on any atom is 0.323 e. The molecule has 0 aliphatic rings. The fraction of sp³-hybridized carbons (Fsp3) is 0.367. The summed E-state index contributed by atoms with van der Waals surface area (Å²) in [5, 5.41) is 24.3. The zero-order chi connectivity index (χ0) is 33.0. The maximum atomic E-state index is 11.8. The van der Waals surface area contributed by atoms with Gasteiger partial charge in [-0.1, -0.05) is 30.6 Å². The summed E-state index contributed by atoms with van der Waals surface area (Å²) in [6.07, 6.45) is 1.01. The molecule has 2 aromatic carbocycles. The number of nitro groups is 2. The van der Waals surface area contributed by atoms with Crippen LogP contribution in [0.3, 0.4) is 0 Å². The number of nitrogen functional groups attached to an aromatic ring is 1. The molecule has 0 unspecified atom stereocenters. The molecule has 0 aliphatic heterocycles. The molecule has 228 valence electrons. The maximum absolute atomic E-state index is 11.8. The van der Waals surface area contributed by atoms with Crippen molar-refractivity contribution >= 4 is 40.6 Å². The molecule has 3 N–H and O–H groups in total. The number of nitrogens with one attached hydrogen (secondary N) is 1. The Balaban J connectivity index is 0.000000442. The normalized spacial score (nSPS) is 10.3. The number of hydrogen-bond acceptors (Lipinski definition) is 10. The van der Waals surface area contributed by atoms with Gasteiger partial charge in [0.15, 0.2) is 0 Å². The Morgan fingerprint density at radius 2 is 1.28 bits per heavy atom. The van der Waals surface area contributed by atoms with E-state index >= 15 is 0 Å². The van der Waals surface area contributed by atoms with E-state index in [0.29, 0.717) is 29.8 Å². The van der Waals surface area contributed by atoms with Crippen molar-refractivity contribution in [1.82, 2.24) is 0 Å². The number of nitrogens with two attached hydrogens (primary N) is 1. The Kier molecular flexibility index (Phi) is 12.9. The number of amides is 1. The molecular formula is C30H34N4O9. The van der Waals surface area contributed by atoms with E-state index < -0.39 is 32.6 Å². The summed E-state index contributed by atoms with van der Waals surface area (Å²) < 4.78 is 9.29. The molecule has 0 radical (unpaired) electrons. The summed E-state index contributed by atoms with van der Waals surface area (Å²) in [5.74, 6) is 9.66. The fourth-order valence-corrected chi connectivity index (χ4v) is 3.12. The lowest BCUT2D eigenvalue weighted by Gasteiger charge is -2.13. The second-order valence-corrected chi connectivity index (χ2v) is 10.0. The van der Waals surface area contributed by atoms with Gasteiger partial charge in [-0.2, -0.15) is 0 Å². The smallest absolute Gasteiger partial charge is 0.323 e. The molecule has 2 aromatic rings. The number of hydrogen-bond donors (Lipinski definition) is 2. The van der Waals surface area contributed by atoms with Crippen molar-refractivity contribution in [2.45, 2.75) is 47.5 Å². The number of benzene rings is 2. The lowest BCUT2D eigenvalue weighted by Crippen LogP contribution is -2.23. The van der Waals surface area contributed by atoms with Crippen molar-refractivity contribution in [3.8, 4) is 23.7 Å². The predicted octanol–water partition coefficient (Wildman–Crippen LogP) is 4.61. The van der Waals surface area contributed by atoms with E-state index in [2.05, 4.69) is 38.5 Å². The number of nitrogens with zero attached hydrogens (tertiary/aromatic N) is 2. The molecule has 43 heavy (non-hydrogen) atoms. The van der Waals surface area contributed by atoms with Gasteiger partial charge in [0, 0.05) is 36.4 Å². The molecule has 0 fully saturated rings. The standard InChI is InChI=1S/C17H20N2O5.C13H14N2O4/c1-5-6-15(20)18-14-8-7-13(19(22)23)11-12(14)9-10-17(2,3)16(21)24-4;1-13(2,12(16)19-3)7-6-9-8-10(15(17)18)4-5-11(9)14/h7-8,11H,5-6H2,1-4H3,(H,18,20);4-5,8H,14H2,1-3H3. The third-order valence-electron chi connectivity index (χ3n) is 5.62. The number of ether oxygens (including phenoxy) is 2. The average molecular weight is 595 g/mol. The van der Waals surface area contributed by atoms with Crippen molar-refractivity contribution in [2.24, 2.45) is 10.8 Å². The first-order valence-electron chi connectivity index (χ1n) is 12.8. The van der Waals surface area contributed by atoms with Crippen LogP contribution >= 0.6 is 0 Å². The molecule has 1 amide bonds. The fourth-order valence-electron chi connectivity index (χ4n) is 3.12. The van der Waals surface area contributed by atoms with Gasteiger partial charge in [0.1, 0.15) is 10.8 Å². The SMILES string of the molecule is CCCC(=O)Nc1ccc([N+](=O)[O-])cc1C#CC(C)(C)C(=O)OC.COC(=O)C(C)(C)C#Cc1cc([N+](=O)[O-])ccc1N. The predicted molar refractivity (Wildman–Crippen MR) is 159 cm³/mol. The number of carbonyl (C=O) groups excluding carboxylic acids is 3. The molecule has 2 rings (SSSR count). The van der Waals surface area contributed by atoms with E-state index in [-0.39, 0.29) is 22.8 Å². The van der Waals surface area contributed by atoms with Crippen LogP contribution in [0.4, 0.5) is 22.7 Å². The minimum Gasteiger partial charge on any atom is -0.468 e. The van der Waals surface area contributed by atoms with Crippen LogP contribution in [0.2, 0.25) is 0 Å². The van der Waals surface area contributed by atoms with Crippen LogP contribution in [0, 0.1) is 54.7 Å². The molecule has 0 spiro atoms. The van der Waals surface area contributed by atoms with Gasteiger partial charge in [0.05, 0.1) is 40.9 Å². The highest BCUT2D eigenvalue weighted by Crippen LogP contribution is 2.24. The third kappa shape index (κ3) is 10.8. The van der Waals surface area contributed by atoms with Crippen LogP contribution in [0.15, 0.2) is 36.4 Å². The summed E-state index contributed by atoms with van der Waals surface area (Å²) in [5.41, 5.74) is 4.61. The molecule has 0 saturated heterocycles. The highest BCUT2D eigenvalue weighted by atomic mass is 16.6. The van der Waals surface area contributed by atoms with Gasteiger partial charge in [0.25, 0.3) is 11.4 Å². The summed E-state index contributed by atoms with van der Waals surface area (Å²) in [6.45, 7) is 8.23. The summed E-state index contributed by atoms with van der Waals surface area (Å²) in [4.78, 5) is 55.4. The first kappa shape index (κ1) is 35.6. The van der Waals surface area contributed by atoms with Crippen LogP contribution < -0.4 is 11.1 Å². The van der Waals surface area contributed by atoms with Gasteiger partial charge in [-0.3, -0.25) is 34.6 Å². The van der Waals surface area contributed by atoms with Gasteiger partial charge >= 0.3 is 11.9 Å². The number of anilines is 2. The molecule has 0 saturated carbocycles. The molecule has 13 nitrogen and oxygen atoms in total. The molecule has 0 atom stereocenters. The van der Waals surface area contributed by atoms with E-state index in [1.807, 2.05) is 6.92 Å². The second-order valence-electron chi connectivity index (χ2n) is 10.0. The third-order valence-corrected chi connectivity index (χ3v) is 5.62. The van der Waals surface area contributed by atoms with Crippen molar-refractivity contribution < 1.29 is 33.7 Å². The molecule has 13 heteroatoms. The van der Waals surface area contributed by atoms with E-state index in [0.717, 1.165) is 0 Å². The van der Waals surface area contributed by atoms with Crippen LogP contribution in [0.25, 0.3) is 0 Å². The molecule has 0 aliphatic carbocycles. The minimum absolute atomic E-state index is 0.102. The number of methoxy groups -OCH3 is 2. The number of nitro benzene ring substituents is 2. The van der Waals surface area contributed by atoms with E-state index in [1.165, 1.54) is 50.6 Å². The van der Waals surface area contributed by atoms with E-state index in [9.17, 15) is 34.6 Å². The van der Waals surface area contributed by atoms with Crippen molar-refractivity contribution in [1.29, 1.82) is 0 Å². The molecule has 0 bridgehead atoms. The van der Waals surface area contributed by atoms with Crippen LogP contribution in [-0.2, 0) is 23.9 Å². The summed E-state index contributed by atoms with van der Waals surface area (Å²) in [6, 6.07) is 7.97. The van der Waals surface area contributed by atoms with Crippen molar-refractivity contribution in [2.75, 3.05) is 25.3 Å². The van der Waals surface area contributed by atoms with Crippen LogP contribution in [-0.4, -0.2) is 41.9 Å². The average Bonchev–Trinajstić information content (AvgIpc) is 2.95. The Hall–Kier alpha value is -5.43. The highest BCUT2D eigenvalue weighted by molar-refractivity contribution is 5.92. The number of rotatable bonds is 7. The van der Waals surface area contributed by atoms with Gasteiger partial charge < -0.3 is 20.5 Å². The largest absolute Gasteiger partial charge is 0.468 e. The van der Waals surface area contributed by atoms with E-state index in [4.69, 9.17) is 5.73 Å².